The summed E-state index contributed by atoms with van der Waals surface area (Å²) in [6, 6.07) is 9.40. The monoisotopic (exact) mass is 331 g/mol. The number of benzene rings is 1. The van der Waals surface area contributed by atoms with Crippen LogP contribution in [0.2, 0.25) is 0 Å². The maximum atomic E-state index is 13.0. The van der Waals surface area contributed by atoms with Crippen LogP contribution >= 0.6 is 0 Å². The summed E-state index contributed by atoms with van der Waals surface area (Å²) in [5.41, 5.74) is 4.89. The Kier molecular flexibility index (Phi) is 3.50. The molecule has 0 spiro atoms. The molecular formula is C20H17N3O2. The zero-order valence-electron chi connectivity index (χ0n) is 14.0. The Hall–Kier alpha value is -3.21. The molecule has 2 amide bonds. The van der Waals surface area contributed by atoms with E-state index < -0.39 is 5.92 Å². The summed E-state index contributed by atoms with van der Waals surface area (Å²) in [5, 5.41) is 0. The normalized spacial score (nSPS) is 19.9. The molecule has 0 fully saturated rings. The number of imide groups is 1. The molecule has 1 N–H and O–H groups in total. The number of H-pyrrole nitrogens is 1. The third-order valence-electron chi connectivity index (χ3n) is 4.48. The van der Waals surface area contributed by atoms with Gasteiger partial charge in [-0.05, 0) is 43.7 Å². The average molecular weight is 331 g/mol. The van der Waals surface area contributed by atoms with E-state index in [1.165, 1.54) is 4.90 Å². The number of aromatic nitrogens is 1. The fraction of sp³-hybridized carbons (Fsp3) is 0.150. The molecule has 2 aromatic rings. The number of nitrogens with one attached hydrogen (secondary N) is 1. The van der Waals surface area contributed by atoms with Gasteiger partial charge < -0.3 is 4.98 Å². The molecule has 0 aliphatic carbocycles. The molecule has 2 aliphatic heterocycles. The number of anilines is 1. The highest BCUT2D eigenvalue weighted by Crippen LogP contribution is 2.38. The van der Waals surface area contributed by atoms with E-state index in [4.69, 9.17) is 0 Å². The molecular weight excluding hydrogens is 314 g/mol. The van der Waals surface area contributed by atoms with Crippen LogP contribution in [0.3, 0.4) is 0 Å². The van der Waals surface area contributed by atoms with E-state index in [0.29, 0.717) is 11.3 Å². The summed E-state index contributed by atoms with van der Waals surface area (Å²) in [6.45, 7) is 3.96. The smallest absolute Gasteiger partial charge is 0.265 e. The molecule has 1 aromatic heterocycles. The highest BCUT2D eigenvalue weighted by molar-refractivity contribution is 6.43. The Morgan fingerprint density at radius 3 is 2.76 bits per heavy atom. The van der Waals surface area contributed by atoms with Gasteiger partial charge in [0, 0.05) is 29.4 Å². The Labute approximate surface area is 145 Å². The van der Waals surface area contributed by atoms with Crippen LogP contribution in [0.15, 0.2) is 47.6 Å². The van der Waals surface area contributed by atoms with Crippen LogP contribution < -0.4 is 4.90 Å². The molecule has 124 valence electrons. The Balaban J connectivity index is 1.81. The predicted octanol–water partition coefficient (Wildman–Crippen LogP) is 3.26. The van der Waals surface area contributed by atoms with Gasteiger partial charge in [-0.3, -0.25) is 14.6 Å². The number of nitrogens with zero attached hydrogens (tertiary/aromatic N) is 2. The van der Waals surface area contributed by atoms with E-state index in [9.17, 15) is 9.59 Å². The molecule has 1 aromatic carbocycles. The standard InChI is InChI=1S/C20H17N3O2/c1-12-9-13(2)22-17(12)10-16-15-5-3-4-6-18(15)23(20(16)25)19(24)14-7-8-21-11-14/h3-11,14,22H,1-2H3/b16-10-. The van der Waals surface area contributed by atoms with Crippen molar-refractivity contribution in [3.63, 3.8) is 0 Å². The first-order chi connectivity index (χ1) is 12.1. The summed E-state index contributed by atoms with van der Waals surface area (Å²) in [4.78, 5) is 34.3. The molecule has 5 heteroatoms. The number of aromatic amines is 1. The van der Waals surface area contributed by atoms with Gasteiger partial charge >= 0.3 is 0 Å². The van der Waals surface area contributed by atoms with Crippen molar-refractivity contribution in [2.24, 2.45) is 10.9 Å². The van der Waals surface area contributed by atoms with Crippen molar-refractivity contribution in [3.05, 3.63) is 65.1 Å². The van der Waals surface area contributed by atoms with Crippen LogP contribution in [0.1, 0.15) is 22.5 Å². The van der Waals surface area contributed by atoms with Crippen molar-refractivity contribution in [2.45, 2.75) is 13.8 Å². The van der Waals surface area contributed by atoms with Gasteiger partial charge in [0.25, 0.3) is 5.91 Å². The van der Waals surface area contributed by atoms with Gasteiger partial charge in [0.2, 0.25) is 5.91 Å². The van der Waals surface area contributed by atoms with Gasteiger partial charge in [-0.25, -0.2) is 4.90 Å². The topological polar surface area (TPSA) is 65.5 Å². The molecule has 1 unspecified atom stereocenters. The largest absolute Gasteiger partial charge is 0.359 e. The molecule has 1 atom stereocenters. The average Bonchev–Trinajstić information content (AvgIpc) is 3.28. The number of amides is 2. The zero-order chi connectivity index (χ0) is 17.6. The van der Waals surface area contributed by atoms with Crippen LogP contribution in [0.4, 0.5) is 5.69 Å². The molecule has 0 radical (unpaired) electrons. The van der Waals surface area contributed by atoms with E-state index in [0.717, 1.165) is 22.5 Å². The Morgan fingerprint density at radius 1 is 1.28 bits per heavy atom. The van der Waals surface area contributed by atoms with E-state index in [1.807, 2.05) is 44.2 Å². The maximum absolute atomic E-state index is 13.0. The summed E-state index contributed by atoms with van der Waals surface area (Å²) in [6.07, 6.45) is 6.66. The summed E-state index contributed by atoms with van der Waals surface area (Å²) < 4.78 is 0. The third-order valence-corrected chi connectivity index (χ3v) is 4.48. The highest BCUT2D eigenvalue weighted by atomic mass is 16.2. The number of fused-ring (bicyclic) bond motifs is 1. The van der Waals surface area contributed by atoms with Crippen molar-refractivity contribution < 1.29 is 9.59 Å². The van der Waals surface area contributed by atoms with Crippen molar-refractivity contribution in [3.8, 4) is 0 Å². The van der Waals surface area contributed by atoms with Gasteiger partial charge in [-0.15, -0.1) is 0 Å². The molecule has 5 nitrogen and oxygen atoms in total. The van der Waals surface area contributed by atoms with Crippen molar-refractivity contribution in [1.29, 1.82) is 0 Å². The molecule has 3 heterocycles. The van der Waals surface area contributed by atoms with Gasteiger partial charge in [0.15, 0.2) is 0 Å². The minimum atomic E-state index is -0.495. The van der Waals surface area contributed by atoms with Gasteiger partial charge in [0.1, 0.15) is 0 Å². The second-order valence-corrected chi connectivity index (χ2v) is 6.27. The van der Waals surface area contributed by atoms with Gasteiger partial charge in [0.05, 0.1) is 17.2 Å². The second kappa shape index (κ2) is 5.70. The summed E-state index contributed by atoms with van der Waals surface area (Å²) >= 11 is 0. The minimum absolute atomic E-state index is 0.280. The lowest BCUT2D eigenvalue weighted by Crippen LogP contribution is -2.37. The number of hydrogen-bond donors (Lipinski definition) is 1. The third kappa shape index (κ3) is 2.45. The van der Waals surface area contributed by atoms with E-state index in [2.05, 4.69) is 9.98 Å². The van der Waals surface area contributed by atoms with Crippen LogP contribution in [0, 0.1) is 19.8 Å². The molecule has 0 saturated heterocycles. The number of aliphatic imine (C=N–C) groups is 1. The quantitative estimate of drug-likeness (QED) is 0.678. The molecule has 2 aliphatic rings. The number of aryl methyl sites for hydroxylation is 2. The Bertz CT molecular complexity index is 967. The minimum Gasteiger partial charge on any atom is -0.359 e. The van der Waals surface area contributed by atoms with Crippen molar-refractivity contribution in [2.75, 3.05) is 4.90 Å². The predicted molar refractivity (Wildman–Crippen MR) is 98.2 cm³/mol. The summed E-state index contributed by atoms with van der Waals surface area (Å²) in [7, 11) is 0. The molecule has 25 heavy (non-hydrogen) atoms. The number of carbonyl (C=O) groups is 2. The van der Waals surface area contributed by atoms with Crippen LogP contribution in [0.5, 0.6) is 0 Å². The van der Waals surface area contributed by atoms with Crippen molar-refractivity contribution >= 4 is 35.4 Å². The molecule has 4 rings (SSSR count). The zero-order valence-corrected chi connectivity index (χ0v) is 14.0. The lowest BCUT2D eigenvalue weighted by molar-refractivity contribution is -0.124. The van der Waals surface area contributed by atoms with Crippen molar-refractivity contribution in [1.82, 2.24) is 4.98 Å². The van der Waals surface area contributed by atoms with Crippen LogP contribution in [-0.2, 0) is 9.59 Å². The van der Waals surface area contributed by atoms with Gasteiger partial charge in [-0.1, -0.05) is 18.2 Å². The Morgan fingerprint density at radius 2 is 2.08 bits per heavy atom. The lowest BCUT2D eigenvalue weighted by atomic mass is 10.1. The number of carbonyl (C=O) groups excluding carboxylic acids is 2. The fourth-order valence-corrected chi connectivity index (χ4v) is 3.27. The maximum Gasteiger partial charge on any atom is 0.265 e. The van der Waals surface area contributed by atoms with Crippen LogP contribution in [-0.4, -0.2) is 23.0 Å². The number of hydrogen-bond acceptors (Lipinski definition) is 3. The van der Waals surface area contributed by atoms with E-state index in [1.54, 1.807) is 24.6 Å². The lowest BCUT2D eigenvalue weighted by Gasteiger charge is -2.16. The van der Waals surface area contributed by atoms with E-state index >= 15 is 0 Å². The van der Waals surface area contributed by atoms with E-state index in [-0.39, 0.29) is 11.8 Å². The first-order valence-corrected chi connectivity index (χ1v) is 8.12. The number of rotatable bonds is 2. The fourth-order valence-electron chi connectivity index (χ4n) is 3.27. The second-order valence-electron chi connectivity index (χ2n) is 6.27. The van der Waals surface area contributed by atoms with Crippen LogP contribution in [0.25, 0.3) is 11.6 Å². The first kappa shape index (κ1) is 15.3. The molecule has 0 bridgehead atoms. The summed E-state index contributed by atoms with van der Waals surface area (Å²) in [5.74, 6) is -1.07. The highest BCUT2D eigenvalue weighted by Gasteiger charge is 2.38. The molecule has 0 saturated carbocycles. The van der Waals surface area contributed by atoms with Gasteiger partial charge in [-0.2, -0.15) is 0 Å². The SMILES string of the molecule is Cc1cc(C)c(/C=C2\C(=O)N(C(=O)C3C=CN=C3)c3ccccc32)[nH]1. The first-order valence-electron chi connectivity index (χ1n) is 8.12. The number of para-hydroxylation sites is 1.